The van der Waals surface area contributed by atoms with Crippen molar-refractivity contribution in [3.63, 3.8) is 0 Å². The number of carbonyl (C=O) groups is 2. The summed E-state index contributed by atoms with van der Waals surface area (Å²) in [4.78, 5) is 29.8. The summed E-state index contributed by atoms with van der Waals surface area (Å²) in [6.45, 7) is 0.0563. The van der Waals surface area contributed by atoms with Crippen LogP contribution in [0.3, 0.4) is 0 Å². The van der Waals surface area contributed by atoms with E-state index in [-0.39, 0.29) is 30.2 Å². The Morgan fingerprint density at radius 1 is 0.791 bits per heavy atom. The zero-order chi connectivity index (χ0) is 32.0. The highest BCUT2D eigenvalue weighted by Gasteiger charge is 2.22. The summed E-state index contributed by atoms with van der Waals surface area (Å²) in [5.74, 6) is -0.632. The number of rotatable bonds is 9. The Labute approximate surface area is 257 Å². The summed E-state index contributed by atoms with van der Waals surface area (Å²) < 4.78 is 64.8. The maximum atomic E-state index is 11.8. The molecule has 0 spiro atoms. The highest BCUT2D eigenvalue weighted by atomic mass is 79.9. The lowest BCUT2D eigenvalue weighted by Gasteiger charge is -2.18. The minimum absolute atomic E-state index is 0.00505. The highest BCUT2D eigenvalue weighted by Crippen LogP contribution is 2.18. The third-order valence-corrected chi connectivity index (χ3v) is 7.64. The van der Waals surface area contributed by atoms with Gasteiger partial charge in [0.2, 0.25) is 15.9 Å². The minimum atomic E-state index is -3.53. The molecule has 0 atom stereocenters. The van der Waals surface area contributed by atoms with Gasteiger partial charge in [-0.15, -0.1) is 0 Å². The van der Waals surface area contributed by atoms with E-state index in [2.05, 4.69) is 35.4 Å². The van der Waals surface area contributed by atoms with E-state index in [4.69, 9.17) is 8.83 Å². The third-order valence-electron chi connectivity index (χ3n) is 5.13. The fourth-order valence-electron chi connectivity index (χ4n) is 3.09. The smallest absolute Gasteiger partial charge is 0.337 e. The second-order valence-corrected chi connectivity index (χ2v) is 13.2. The first-order valence-electron chi connectivity index (χ1n) is 12.1. The molecule has 0 bridgehead atoms. The van der Waals surface area contributed by atoms with E-state index >= 15 is 0 Å². The van der Waals surface area contributed by atoms with E-state index in [1.807, 2.05) is 12.1 Å². The van der Waals surface area contributed by atoms with Crippen LogP contribution < -0.4 is 4.31 Å². The number of halogens is 1. The summed E-state index contributed by atoms with van der Waals surface area (Å²) in [5.41, 5.74) is 2.81. The number of anilines is 1. The molecule has 4 aromatic rings. The molecule has 2 aromatic carbocycles. The molecule has 16 heteroatoms. The molecule has 13 nitrogen and oxygen atoms in total. The molecule has 0 saturated heterocycles. The van der Waals surface area contributed by atoms with Crippen molar-refractivity contribution in [3.8, 4) is 0 Å². The fraction of sp³-hybridized carbons (Fsp3) is 0.259. The van der Waals surface area contributed by atoms with E-state index in [1.165, 1.54) is 39.1 Å². The Balaban J connectivity index is 0.000000248. The predicted octanol–water partition coefficient (Wildman–Crippen LogP) is 4.01. The first kappa shape index (κ1) is 35.2. The normalized spacial score (nSPS) is 10.8. The Kier molecular flexibility index (Phi) is 13.6. The van der Waals surface area contributed by atoms with Crippen molar-refractivity contribution < 1.29 is 44.7 Å². The standard InChI is InChI=1S/C13H14N2O5S.C9H9BrO2.C5H7NO3S/c1-19-12(16)11-5-3-10(4-6-11)9-15(21(2,17)18)13-14-7-8-20-13;1-12-9(11)8-4-2-7(6-10)3-5-8;1-10(7,8)4-5-6-2-3-9-5/h3-8H,9H2,1-2H3;2-5H,6H2,1H3;2-3H,4H2,1H3. The number of hydrogen-bond donors (Lipinski definition) is 0. The van der Waals surface area contributed by atoms with Crippen LogP contribution in [0.25, 0.3) is 0 Å². The summed E-state index contributed by atoms with van der Waals surface area (Å²) in [7, 11) is -3.86. The molecule has 0 saturated carbocycles. The molecule has 232 valence electrons. The number of ether oxygens (including phenoxy) is 2. The number of oxazole rings is 2. The lowest BCUT2D eigenvalue weighted by Crippen LogP contribution is -2.29. The van der Waals surface area contributed by atoms with E-state index in [0.29, 0.717) is 16.7 Å². The molecular formula is C27H30BrN3O10S2. The average molecular weight is 701 g/mol. The van der Waals surface area contributed by atoms with Crippen molar-refractivity contribution in [2.24, 2.45) is 0 Å². The van der Waals surface area contributed by atoms with Crippen LogP contribution in [0.5, 0.6) is 0 Å². The first-order chi connectivity index (χ1) is 20.3. The van der Waals surface area contributed by atoms with Crippen molar-refractivity contribution in [2.75, 3.05) is 31.0 Å². The lowest BCUT2D eigenvalue weighted by atomic mass is 10.1. The van der Waals surface area contributed by atoms with E-state index in [9.17, 15) is 26.4 Å². The second-order valence-electron chi connectivity index (χ2n) is 8.59. The van der Waals surface area contributed by atoms with Gasteiger partial charge in [-0.3, -0.25) is 0 Å². The number of benzene rings is 2. The Bertz CT molecular complexity index is 1640. The number of carbonyl (C=O) groups excluding carboxylic acids is 2. The average Bonchev–Trinajstić information content (AvgIpc) is 3.69. The van der Waals surface area contributed by atoms with Crippen molar-refractivity contribution >= 4 is 53.7 Å². The molecule has 0 radical (unpaired) electrons. The van der Waals surface area contributed by atoms with E-state index < -0.39 is 25.8 Å². The van der Waals surface area contributed by atoms with Gasteiger partial charge in [-0.05, 0) is 35.4 Å². The van der Waals surface area contributed by atoms with Crippen LogP contribution in [0, 0.1) is 0 Å². The number of esters is 2. The molecular weight excluding hydrogens is 670 g/mol. The molecule has 0 fully saturated rings. The van der Waals surface area contributed by atoms with Crippen molar-refractivity contribution in [3.05, 3.63) is 102 Å². The second kappa shape index (κ2) is 16.6. The number of sulfone groups is 1. The SMILES string of the molecule is COC(=O)c1ccc(CBr)cc1.COC(=O)c1ccc(CN(c2ncco2)S(C)(=O)=O)cc1.CS(=O)(=O)Cc1ncco1. The molecule has 2 heterocycles. The van der Waals surface area contributed by atoms with Crippen molar-refractivity contribution in [2.45, 2.75) is 17.6 Å². The van der Waals surface area contributed by atoms with Crippen LogP contribution in [-0.4, -0.2) is 65.5 Å². The monoisotopic (exact) mass is 699 g/mol. The number of nitrogens with zero attached hydrogens (tertiary/aromatic N) is 3. The van der Waals surface area contributed by atoms with Crippen LogP contribution in [0.15, 0.2) is 82.3 Å². The van der Waals surface area contributed by atoms with Gasteiger partial charge in [-0.25, -0.2) is 40.7 Å². The fourth-order valence-corrected chi connectivity index (χ4v) is 4.81. The van der Waals surface area contributed by atoms with Crippen molar-refractivity contribution in [1.82, 2.24) is 9.97 Å². The zero-order valence-corrected chi connectivity index (χ0v) is 26.9. The molecule has 0 N–H and O–H groups in total. The molecule has 43 heavy (non-hydrogen) atoms. The number of alkyl halides is 1. The number of sulfonamides is 1. The van der Waals surface area contributed by atoms with Gasteiger partial charge in [0.25, 0.3) is 0 Å². The minimum Gasteiger partial charge on any atom is -0.465 e. The topological polar surface area (TPSA) is 176 Å². The molecule has 0 aliphatic carbocycles. The van der Waals surface area contributed by atoms with Gasteiger partial charge in [0, 0.05) is 11.6 Å². The highest BCUT2D eigenvalue weighted by molar-refractivity contribution is 9.08. The van der Waals surface area contributed by atoms with Crippen LogP contribution in [-0.2, 0) is 47.0 Å². The number of methoxy groups -OCH3 is 2. The molecule has 4 rings (SSSR count). The summed E-state index contributed by atoms with van der Waals surface area (Å²) in [5, 5.41) is 0.800. The van der Waals surface area contributed by atoms with Gasteiger partial charge in [-0.1, -0.05) is 40.2 Å². The van der Waals surface area contributed by atoms with Crippen LogP contribution in [0.2, 0.25) is 0 Å². The maximum Gasteiger partial charge on any atom is 0.337 e. The van der Waals surface area contributed by atoms with Crippen LogP contribution in [0.1, 0.15) is 37.7 Å². The third kappa shape index (κ3) is 12.4. The van der Waals surface area contributed by atoms with Gasteiger partial charge in [0.05, 0.1) is 50.5 Å². The first-order valence-corrected chi connectivity index (χ1v) is 17.1. The molecule has 0 aliphatic heterocycles. The molecule has 0 aliphatic rings. The number of aromatic nitrogens is 2. The zero-order valence-electron chi connectivity index (χ0n) is 23.7. The molecule has 2 aromatic heterocycles. The van der Waals surface area contributed by atoms with E-state index in [0.717, 1.165) is 27.7 Å². The van der Waals surface area contributed by atoms with Crippen molar-refractivity contribution in [1.29, 1.82) is 0 Å². The van der Waals surface area contributed by atoms with Crippen LogP contribution in [0.4, 0.5) is 6.01 Å². The summed E-state index contributed by atoms with van der Waals surface area (Å²) in [6.07, 6.45) is 7.64. The molecule has 0 amide bonds. The summed E-state index contributed by atoms with van der Waals surface area (Å²) in [6, 6.07) is 13.7. The van der Waals surface area contributed by atoms with Gasteiger partial charge >= 0.3 is 18.0 Å². The van der Waals surface area contributed by atoms with E-state index in [1.54, 1.807) is 36.4 Å². The Hall–Kier alpha value is -4.02. The molecule has 0 unspecified atom stereocenters. The largest absolute Gasteiger partial charge is 0.465 e. The van der Waals surface area contributed by atoms with Crippen LogP contribution >= 0.6 is 15.9 Å². The lowest BCUT2D eigenvalue weighted by molar-refractivity contribution is 0.0592. The maximum absolute atomic E-state index is 11.8. The van der Waals surface area contributed by atoms with Gasteiger partial charge in [0.1, 0.15) is 18.3 Å². The number of hydrogen-bond acceptors (Lipinski definition) is 12. The Morgan fingerprint density at radius 3 is 1.65 bits per heavy atom. The van der Waals surface area contributed by atoms with Gasteiger partial charge in [0.15, 0.2) is 9.84 Å². The summed E-state index contributed by atoms with van der Waals surface area (Å²) >= 11 is 3.32. The van der Waals surface area contributed by atoms with Gasteiger partial charge in [-0.2, -0.15) is 0 Å². The van der Waals surface area contributed by atoms with Gasteiger partial charge < -0.3 is 18.3 Å². The quantitative estimate of drug-likeness (QED) is 0.181. The Morgan fingerprint density at radius 2 is 1.28 bits per heavy atom. The predicted molar refractivity (Wildman–Crippen MR) is 161 cm³/mol.